The number of rotatable bonds is 0. The fraction of sp³-hybridized carbons (Fsp3) is 1.00. The Morgan fingerprint density at radius 2 is 2.00 bits per heavy atom. The van der Waals surface area contributed by atoms with Gasteiger partial charge in [0.05, 0.1) is 0 Å². The average molecular weight is 113 g/mol. The minimum atomic E-state index is 0.385. The molecule has 1 nitrogen and oxygen atoms in total. The Balaban J connectivity index is 2.33. The molecule has 0 spiro atoms. The SMILES string of the molecule is C[N+]1(C)[BH2-]CCCC1. The summed E-state index contributed by atoms with van der Waals surface area (Å²) >= 11 is 0. The van der Waals surface area contributed by atoms with Gasteiger partial charge in [0.15, 0.2) is 7.41 Å². The van der Waals surface area contributed by atoms with Crippen LogP contribution in [0.2, 0.25) is 6.32 Å². The zero-order valence-electron chi connectivity index (χ0n) is 6.28. The van der Waals surface area contributed by atoms with Crippen LogP contribution < -0.4 is 0 Å². The standard InChI is InChI=1S/C6H16BN/c1-8(2)6-4-3-5-7-8/h3-7H2,1-2H3. The van der Waals surface area contributed by atoms with Crippen LogP contribution in [-0.2, 0) is 0 Å². The van der Waals surface area contributed by atoms with Crippen LogP contribution in [0, 0.1) is 0 Å². The summed E-state index contributed by atoms with van der Waals surface area (Å²) in [6.07, 6.45) is 4.55. The predicted molar refractivity (Wildman–Crippen MR) is 39.6 cm³/mol. The van der Waals surface area contributed by atoms with Gasteiger partial charge in [-0.1, -0.05) is 6.42 Å². The summed E-state index contributed by atoms with van der Waals surface area (Å²) < 4.78 is 1.38. The Labute approximate surface area is 52.5 Å². The molecule has 1 aliphatic heterocycles. The van der Waals surface area contributed by atoms with Crippen LogP contribution in [0.4, 0.5) is 0 Å². The maximum atomic E-state index is 2.37. The maximum absolute atomic E-state index is 2.37. The summed E-state index contributed by atoms with van der Waals surface area (Å²) in [6.45, 7) is 1.44. The normalized spacial score (nSPS) is 27.8. The highest BCUT2D eigenvalue weighted by molar-refractivity contribution is 6.26. The van der Waals surface area contributed by atoms with Gasteiger partial charge in [-0.2, -0.15) is 0 Å². The van der Waals surface area contributed by atoms with E-state index in [0.29, 0.717) is 7.41 Å². The van der Waals surface area contributed by atoms with Crippen molar-refractivity contribution < 1.29 is 4.39 Å². The zero-order valence-corrected chi connectivity index (χ0v) is 6.28. The van der Waals surface area contributed by atoms with Crippen LogP contribution in [0.5, 0.6) is 0 Å². The van der Waals surface area contributed by atoms with Crippen molar-refractivity contribution in [2.75, 3.05) is 20.6 Å². The highest BCUT2D eigenvalue weighted by Crippen LogP contribution is 2.10. The lowest BCUT2D eigenvalue weighted by atomic mass is 9.77. The van der Waals surface area contributed by atoms with Crippen molar-refractivity contribution in [2.45, 2.75) is 19.2 Å². The Hall–Kier alpha value is 0.0249. The first-order chi connectivity index (χ1) is 3.71. The van der Waals surface area contributed by atoms with Crippen LogP contribution >= 0.6 is 0 Å². The third kappa shape index (κ3) is 1.51. The van der Waals surface area contributed by atoms with E-state index >= 15 is 0 Å². The smallest absolute Gasteiger partial charge is 0.182 e. The third-order valence-electron chi connectivity index (χ3n) is 2.51. The molecule has 1 fully saturated rings. The molecule has 0 aromatic carbocycles. The van der Waals surface area contributed by atoms with Gasteiger partial charge < -0.3 is 4.39 Å². The number of nitrogens with zero attached hydrogens (tertiary/aromatic N) is 1. The maximum Gasteiger partial charge on any atom is 0.182 e. The molecule has 2 heteroatoms. The Morgan fingerprint density at radius 3 is 2.25 bits per heavy atom. The molecular formula is C6H16BN. The molecule has 0 aromatic rings. The van der Waals surface area contributed by atoms with Gasteiger partial charge in [0.1, 0.15) is 0 Å². The molecule has 1 aliphatic rings. The average Bonchev–Trinajstić information content (AvgIpc) is 1.65. The summed E-state index contributed by atoms with van der Waals surface area (Å²) in [6, 6.07) is 0. The molecule has 0 atom stereocenters. The molecule has 0 radical (unpaired) electrons. The number of hydrogen-bond acceptors (Lipinski definition) is 0. The van der Waals surface area contributed by atoms with Crippen LogP contribution in [0.3, 0.4) is 0 Å². The van der Waals surface area contributed by atoms with E-state index in [4.69, 9.17) is 0 Å². The van der Waals surface area contributed by atoms with E-state index in [-0.39, 0.29) is 0 Å². The quantitative estimate of drug-likeness (QED) is 0.398. The number of hydrogen-bond donors (Lipinski definition) is 0. The van der Waals surface area contributed by atoms with Gasteiger partial charge in [-0.15, -0.1) is 6.32 Å². The lowest BCUT2D eigenvalue weighted by Crippen LogP contribution is -2.46. The lowest BCUT2D eigenvalue weighted by Gasteiger charge is -2.42. The summed E-state index contributed by atoms with van der Waals surface area (Å²) in [7, 11) is 5.13. The molecule has 1 saturated heterocycles. The Kier molecular flexibility index (Phi) is 1.61. The van der Waals surface area contributed by atoms with Crippen molar-refractivity contribution in [3.63, 3.8) is 0 Å². The molecule has 1 rings (SSSR count). The first-order valence-electron chi connectivity index (χ1n) is 3.86. The fourth-order valence-corrected chi connectivity index (χ4v) is 1.76. The van der Waals surface area contributed by atoms with Crippen LogP contribution in [0.1, 0.15) is 12.8 Å². The molecule has 8 heavy (non-hydrogen) atoms. The van der Waals surface area contributed by atoms with Gasteiger partial charge in [-0.3, -0.25) is 0 Å². The van der Waals surface area contributed by atoms with Crippen molar-refractivity contribution in [1.29, 1.82) is 0 Å². The summed E-state index contributed by atoms with van der Waals surface area (Å²) in [5.74, 6) is 0. The van der Waals surface area contributed by atoms with E-state index in [1.807, 2.05) is 0 Å². The van der Waals surface area contributed by atoms with Gasteiger partial charge in [0, 0.05) is 20.6 Å². The van der Waals surface area contributed by atoms with E-state index in [2.05, 4.69) is 14.1 Å². The van der Waals surface area contributed by atoms with Crippen LogP contribution in [0.15, 0.2) is 0 Å². The van der Waals surface area contributed by atoms with E-state index in [1.54, 1.807) is 6.32 Å². The third-order valence-corrected chi connectivity index (χ3v) is 2.51. The molecule has 0 N–H and O–H groups in total. The number of quaternary nitrogens is 1. The summed E-state index contributed by atoms with van der Waals surface area (Å²) in [4.78, 5) is 0. The highest BCUT2D eigenvalue weighted by atomic mass is 15.2. The summed E-state index contributed by atoms with van der Waals surface area (Å²) in [5, 5.41) is 0. The van der Waals surface area contributed by atoms with Crippen molar-refractivity contribution in [1.82, 2.24) is 0 Å². The van der Waals surface area contributed by atoms with E-state index < -0.39 is 0 Å². The molecular weight excluding hydrogens is 96.9 g/mol. The molecule has 0 aliphatic carbocycles. The molecule has 0 bridgehead atoms. The van der Waals surface area contributed by atoms with E-state index in [9.17, 15) is 0 Å². The van der Waals surface area contributed by atoms with Crippen molar-refractivity contribution >= 4 is 7.41 Å². The molecule has 1 heterocycles. The first-order valence-corrected chi connectivity index (χ1v) is 3.86. The van der Waals surface area contributed by atoms with Gasteiger partial charge in [0.2, 0.25) is 0 Å². The largest absolute Gasteiger partial charge is 0.525 e. The Morgan fingerprint density at radius 1 is 1.25 bits per heavy atom. The van der Waals surface area contributed by atoms with Crippen molar-refractivity contribution in [3.05, 3.63) is 0 Å². The first kappa shape index (κ1) is 6.15. The monoisotopic (exact) mass is 113 g/mol. The minimum absolute atomic E-state index is 0.385. The molecule has 0 saturated carbocycles. The molecule has 0 unspecified atom stereocenters. The molecule has 48 valence electrons. The predicted octanol–water partition coefficient (Wildman–Crippen LogP) is 0.359. The van der Waals surface area contributed by atoms with E-state index in [1.165, 1.54) is 23.8 Å². The second kappa shape index (κ2) is 2.10. The van der Waals surface area contributed by atoms with Crippen LogP contribution in [-0.4, -0.2) is 32.4 Å². The second-order valence-electron chi connectivity index (χ2n) is 4.04. The molecule has 0 aromatic heterocycles. The fourth-order valence-electron chi connectivity index (χ4n) is 1.76. The highest BCUT2D eigenvalue weighted by Gasteiger charge is 2.11. The lowest BCUT2D eigenvalue weighted by molar-refractivity contribution is -0.782. The van der Waals surface area contributed by atoms with Crippen molar-refractivity contribution in [2.24, 2.45) is 0 Å². The van der Waals surface area contributed by atoms with Crippen molar-refractivity contribution in [3.8, 4) is 0 Å². The topological polar surface area (TPSA) is 0 Å². The van der Waals surface area contributed by atoms with Gasteiger partial charge in [-0.25, -0.2) is 0 Å². The molecule has 0 amide bonds. The van der Waals surface area contributed by atoms with Gasteiger partial charge in [0.25, 0.3) is 0 Å². The minimum Gasteiger partial charge on any atom is -0.525 e. The Bertz CT molecular complexity index is 72.6. The van der Waals surface area contributed by atoms with Crippen LogP contribution in [0.25, 0.3) is 0 Å². The summed E-state index contributed by atoms with van der Waals surface area (Å²) in [5.41, 5.74) is 0. The van der Waals surface area contributed by atoms with Gasteiger partial charge in [-0.05, 0) is 6.42 Å². The zero-order chi connectivity index (χ0) is 6.04. The second-order valence-corrected chi connectivity index (χ2v) is 4.04. The van der Waals surface area contributed by atoms with E-state index in [0.717, 1.165) is 0 Å². The van der Waals surface area contributed by atoms with Gasteiger partial charge >= 0.3 is 0 Å².